The number of carbonyl (C=O) groups is 2. The van der Waals surface area contributed by atoms with Crippen LogP contribution >= 0.6 is 11.6 Å². The highest BCUT2D eigenvalue weighted by Crippen LogP contribution is 2.27. The number of hydrogen-bond acceptors (Lipinski definition) is 3. The lowest BCUT2D eigenvalue weighted by Crippen LogP contribution is -2.12. The number of alkyl halides is 1. The summed E-state index contributed by atoms with van der Waals surface area (Å²) >= 11 is 5.61. The molecule has 1 rings (SSSR count). The molecule has 122 valence electrons. The van der Waals surface area contributed by atoms with E-state index in [1.807, 2.05) is 13.8 Å². The average Bonchev–Trinajstić information content (AvgIpc) is 2.52. The number of Topliss-reactive ketones (excluding diaryl/α,β-unsaturated/α-hetero) is 1. The third kappa shape index (κ3) is 6.06. The van der Waals surface area contributed by atoms with E-state index in [0.29, 0.717) is 48.7 Å². The molecule has 0 saturated heterocycles. The molecule has 1 aromatic rings. The van der Waals surface area contributed by atoms with Crippen molar-refractivity contribution in [2.24, 2.45) is 0 Å². The van der Waals surface area contributed by atoms with Crippen LogP contribution in [0.4, 0.5) is 5.69 Å². The number of unbranched alkanes of at least 4 members (excludes halogenated alkanes) is 1. The highest BCUT2D eigenvalue weighted by molar-refractivity contribution is 6.18. The van der Waals surface area contributed by atoms with E-state index >= 15 is 0 Å². The molecule has 0 radical (unpaired) electrons. The van der Waals surface area contributed by atoms with Crippen LogP contribution in [-0.2, 0) is 4.79 Å². The summed E-state index contributed by atoms with van der Waals surface area (Å²) in [5, 5.41) is 2.84. The van der Waals surface area contributed by atoms with Crippen LogP contribution in [0.2, 0.25) is 0 Å². The topological polar surface area (TPSA) is 55.4 Å². The van der Waals surface area contributed by atoms with E-state index < -0.39 is 0 Å². The zero-order valence-corrected chi connectivity index (χ0v) is 14.0. The first kappa shape index (κ1) is 18.5. The number of carbonyl (C=O) groups excluding carboxylic acids is 2. The second-order valence-corrected chi connectivity index (χ2v) is 5.39. The lowest BCUT2D eigenvalue weighted by molar-refractivity contribution is -0.116. The zero-order valence-electron chi connectivity index (χ0n) is 13.3. The first-order chi connectivity index (χ1) is 10.6. The molecular formula is C17H24ClNO3. The predicted molar refractivity (Wildman–Crippen MR) is 90.1 cm³/mol. The van der Waals surface area contributed by atoms with Crippen LogP contribution in [0, 0.1) is 0 Å². The maximum absolute atomic E-state index is 12.0. The third-order valence-corrected chi connectivity index (χ3v) is 3.44. The van der Waals surface area contributed by atoms with Gasteiger partial charge in [-0.1, -0.05) is 13.3 Å². The van der Waals surface area contributed by atoms with Gasteiger partial charge in [-0.3, -0.25) is 9.59 Å². The molecule has 5 heteroatoms. The van der Waals surface area contributed by atoms with E-state index in [9.17, 15) is 9.59 Å². The number of nitrogens with one attached hydrogen (secondary N) is 1. The lowest BCUT2D eigenvalue weighted by atomic mass is 10.1. The van der Waals surface area contributed by atoms with Crippen LogP contribution in [0.3, 0.4) is 0 Å². The Labute approximate surface area is 137 Å². The maximum atomic E-state index is 12.0. The third-order valence-electron chi connectivity index (χ3n) is 3.17. The molecule has 0 saturated carbocycles. The van der Waals surface area contributed by atoms with E-state index in [4.69, 9.17) is 16.3 Å². The summed E-state index contributed by atoms with van der Waals surface area (Å²) < 4.78 is 5.54. The van der Waals surface area contributed by atoms with Crippen molar-refractivity contribution in [2.45, 2.75) is 46.0 Å². The predicted octanol–water partition coefficient (Wildman–Crippen LogP) is 4.42. The van der Waals surface area contributed by atoms with Crippen molar-refractivity contribution in [3.8, 4) is 5.75 Å². The zero-order chi connectivity index (χ0) is 16.4. The van der Waals surface area contributed by atoms with Gasteiger partial charge in [-0.15, -0.1) is 11.6 Å². The fourth-order valence-corrected chi connectivity index (χ4v) is 2.13. The molecule has 1 amide bonds. The van der Waals surface area contributed by atoms with E-state index in [1.165, 1.54) is 0 Å². The largest absolute Gasteiger partial charge is 0.492 e. The van der Waals surface area contributed by atoms with Gasteiger partial charge in [-0.2, -0.15) is 0 Å². The smallest absolute Gasteiger partial charge is 0.224 e. The Kier molecular flexibility index (Phi) is 8.60. The standard InChI is InChI=1S/C17H24ClNO3/c1-3-5-8-17(21)19-14-10-9-13(12-16(14)22-4-2)15(20)7-6-11-18/h9-10,12H,3-8,11H2,1-2H3,(H,19,21). The van der Waals surface area contributed by atoms with Gasteiger partial charge < -0.3 is 10.1 Å². The number of ketones is 1. The van der Waals surface area contributed by atoms with Gasteiger partial charge in [0.2, 0.25) is 5.91 Å². The van der Waals surface area contributed by atoms with Crippen LogP contribution in [0.15, 0.2) is 18.2 Å². The van der Waals surface area contributed by atoms with Gasteiger partial charge in [-0.25, -0.2) is 0 Å². The summed E-state index contributed by atoms with van der Waals surface area (Å²) in [6.45, 7) is 4.38. The number of benzene rings is 1. The van der Waals surface area contributed by atoms with Crippen LogP contribution in [-0.4, -0.2) is 24.2 Å². The molecule has 0 spiro atoms. The fraction of sp³-hybridized carbons (Fsp3) is 0.529. The van der Waals surface area contributed by atoms with Crippen molar-refractivity contribution in [3.05, 3.63) is 23.8 Å². The van der Waals surface area contributed by atoms with E-state index in [1.54, 1.807) is 18.2 Å². The van der Waals surface area contributed by atoms with Crippen LogP contribution in [0.5, 0.6) is 5.75 Å². The molecule has 0 aliphatic rings. The summed E-state index contributed by atoms with van der Waals surface area (Å²) in [4.78, 5) is 23.9. The van der Waals surface area contributed by atoms with Crippen molar-refractivity contribution in [1.82, 2.24) is 0 Å². The minimum atomic E-state index is -0.0379. The normalized spacial score (nSPS) is 10.3. The lowest BCUT2D eigenvalue weighted by Gasteiger charge is -2.13. The number of rotatable bonds is 10. The molecular weight excluding hydrogens is 302 g/mol. The molecule has 4 nitrogen and oxygen atoms in total. The Morgan fingerprint density at radius 3 is 2.59 bits per heavy atom. The van der Waals surface area contributed by atoms with Gasteiger partial charge in [0, 0.05) is 24.3 Å². The first-order valence-electron chi connectivity index (χ1n) is 7.78. The van der Waals surface area contributed by atoms with Gasteiger partial charge in [0.05, 0.1) is 12.3 Å². The molecule has 1 aromatic carbocycles. The molecule has 0 heterocycles. The van der Waals surface area contributed by atoms with Crippen LogP contribution in [0.25, 0.3) is 0 Å². The number of anilines is 1. The maximum Gasteiger partial charge on any atom is 0.224 e. The summed E-state index contributed by atoms with van der Waals surface area (Å²) in [5.74, 6) is 0.994. The Morgan fingerprint density at radius 1 is 1.18 bits per heavy atom. The highest BCUT2D eigenvalue weighted by atomic mass is 35.5. The Morgan fingerprint density at radius 2 is 1.95 bits per heavy atom. The minimum Gasteiger partial charge on any atom is -0.492 e. The van der Waals surface area contributed by atoms with Crippen LogP contribution in [0.1, 0.15) is 56.3 Å². The van der Waals surface area contributed by atoms with E-state index in [2.05, 4.69) is 5.32 Å². The molecule has 0 atom stereocenters. The molecule has 0 aromatic heterocycles. The van der Waals surface area contributed by atoms with Gasteiger partial charge in [0.1, 0.15) is 5.75 Å². The molecule has 0 aliphatic heterocycles. The van der Waals surface area contributed by atoms with Crippen molar-refractivity contribution in [3.63, 3.8) is 0 Å². The van der Waals surface area contributed by atoms with Gasteiger partial charge >= 0.3 is 0 Å². The highest BCUT2D eigenvalue weighted by Gasteiger charge is 2.12. The van der Waals surface area contributed by atoms with E-state index in [0.717, 1.165) is 12.8 Å². The average molecular weight is 326 g/mol. The number of halogens is 1. The SMILES string of the molecule is CCCCC(=O)Nc1ccc(C(=O)CCCCl)cc1OCC. The first-order valence-corrected chi connectivity index (χ1v) is 8.31. The molecule has 22 heavy (non-hydrogen) atoms. The minimum absolute atomic E-state index is 0.0328. The molecule has 0 aliphatic carbocycles. The summed E-state index contributed by atoms with van der Waals surface area (Å²) in [6, 6.07) is 5.13. The second-order valence-electron chi connectivity index (χ2n) is 5.01. The van der Waals surface area contributed by atoms with Crippen molar-refractivity contribution in [2.75, 3.05) is 17.8 Å². The molecule has 0 fully saturated rings. The number of amides is 1. The monoisotopic (exact) mass is 325 g/mol. The number of hydrogen-bond donors (Lipinski definition) is 1. The Bertz CT molecular complexity index is 503. The number of ether oxygens (including phenoxy) is 1. The summed E-state index contributed by atoms with van der Waals surface area (Å²) in [7, 11) is 0. The van der Waals surface area contributed by atoms with Crippen molar-refractivity contribution in [1.29, 1.82) is 0 Å². The summed E-state index contributed by atoms with van der Waals surface area (Å²) in [6.07, 6.45) is 3.38. The van der Waals surface area contributed by atoms with Crippen LogP contribution < -0.4 is 10.1 Å². The Balaban J connectivity index is 2.85. The van der Waals surface area contributed by atoms with Gasteiger partial charge in [0.25, 0.3) is 0 Å². The van der Waals surface area contributed by atoms with Gasteiger partial charge in [-0.05, 0) is 38.0 Å². The quantitative estimate of drug-likeness (QED) is 0.512. The van der Waals surface area contributed by atoms with Gasteiger partial charge in [0.15, 0.2) is 5.78 Å². The second kappa shape index (κ2) is 10.2. The molecule has 0 unspecified atom stereocenters. The Hall–Kier alpha value is -1.55. The summed E-state index contributed by atoms with van der Waals surface area (Å²) in [5.41, 5.74) is 1.19. The van der Waals surface area contributed by atoms with Crippen molar-refractivity contribution >= 4 is 29.0 Å². The molecule has 1 N–H and O–H groups in total. The molecule has 0 bridgehead atoms. The fourth-order valence-electron chi connectivity index (χ4n) is 2.00. The van der Waals surface area contributed by atoms with E-state index in [-0.39, 0.29) is 11.7 Å². The van der Waals surface area contributed by atoms with Crippen molar-refractivity contribution < 1.29 is 14.3 Å².